The summed E-state index contributed by atoms with van der Waals surface area (Å²) in [5.41, 5.74) is 3.34. The molecular formula is C30H33N3O6S. The van der Waals surface area contributed by atoms with E-state index in [4.69, 9.17) is 23.4 Å². The van der Waals surface area contributed by atoms with Crippen LogP contribution < -0.4 is 14.8 Å². The number of nitrogens with zero attached hydrogens (tertiary/aromatic N) is 2. The van der Waals surface area contributed by atoms with Gasteiger partial charge in [-0.1, -0.05) is 19.1 Å². The zero-order chi connectivity index (χ0) is 28.1. The Balaban J connectivity index is 1.32. The second kappa shape index (κ2) is 12.2. The standard InChI is InChI=1S/C30H33N3O6S/c1-4-29(39-40(34,35)27-14-8-20(2)17-26(27)38-30-7-5-6-16-36-30)37-23-11-13-24-21(18-23)9-12-25(33-24)22-10-15-28(31-3)32-19-22/h8-15,17-19,29-30H,4-7,16H2,1-3H3,(H,31,32). The summed E-state index contributed by atoms with van der Waals surface area (Å²) in [7, 11) is -2.38. The minimum absolute atomic E-state index is 0.0539. The van der Waals surface area contributed by atoms with Gasteiger partial charge in [0.2, 0.25) is 6.29 Å². The van der Waals surface area contributed by atoms with E-state index in [1.165, 1.54) is 6.07 Å². The third kappa shape index (κ3) is 6.52. The van der Waals surface area contributed by atoms with Crippen molar-refractivity contribution in [1.82, 2.24) is 9.97 Å². The van der Waals surface area contributed by atoms with Gasteiger partial charge in [-0.05, 0) is 73.9 Å². The molecule has 1 fully saturated rings. The maximum atomic E-state index is 13.3. The number of pyridine rings is 2. The molecule has 0 amide bonds. The first-order chi connectivity index (χ1) is 19.3. The van der Waals surface area contributed by atoms with Gasteiger partial charge in [-0.15, -0.1) is 0 Å². The van der Waals surface area contributed by atoms with Crippen molar-refractivity contribution in [1.29, 1.82) is 0 Å². The van der Waals surface area contributed by atoms with Crippen molar-refractivity contribution in [3.63, 3.8) is 0 Å². The fourth-order valence-corrected chi connectivity index (χ4v) is 5.56. The van der Waals surface area contributed by atoms with Gasteiger partial charge < -0.3 is 19.5 Å². The summed E-state index contributed by atoms with van der Waals surface area (Å²) in [4.78, 5) is 9.04. The van der Waals surface area contributed by atoms with Crippen molar-refractivity contribution in [2.75, 3.05) is 19.0 Å². The predicted molar refractivity (Wildman–Crippen MR) is 153 cm³/mol. The van der Waals surface area contributed by atoms with Gasteiger partial charge in [0, 0.05) is 37.0 Å². The number of anilines is 1. The second-order valence-corrected chi connectivity index (χ2v) is 11.1. The molecule has 0 spiro atoms. The van der Waals surface area contributed by atoms with Crippen LogP contribution in [0.25, 0.3) is 22.2 Å². The second-order valence-electron chi connectivity index (χ2n) is 9.60. The highest BCUT2D eigenvalue weighted by Crippen LogP contribution is 2.31. The molecule has 0 saturated carbocycles. The topological polar surface area (TPSA) is 109 Å². The van der Waals surface area contributed by atoms with E-state index in [0.717, 1.165) is 46.4 Å². The Hall–Kier alpha value is -3.73. The maximum Gasteiger partial charge on any atom is 0.303 e. The van der Waals surface area contributed by atoms with Crippen molar-refractivity contribution in [2.45, 2.75) is 57.0 Å². The Morgan fingerprint density at radius 2 is 1.95 bits per heavy atom. The van der Waals surface area contributed by atoms with Crippen LogP contribution in [0.2, 0.25) is 0 Å². The first-order valence-electron chi connectivity index (χ1n) is 13.4. The molecule has 0 aliphatic carbocycles. The fraction of sp³-hybridized carbons (Fsp3) is 0.333. The Morgan fingerprint density at radius 3 is 2.67 bits per heavy atom. The molecule has 4 aromatic rings. The number of rotatable bonds is 10. The monoisotopic (exact) mass is 563 g/mol. The molecule has 1 saturated heterocycles. The molecule has 1 N–H and O–H groups in total. The highest BCUT2D eigenvalue weighted by Gasteiger charge is 2.28. The lowest BCUT2D eigenvalue weighted by molar-refractivity contribution is -0.107. The van der Waals surface area contributed by atoms with Crippen molar-refractivity contribution in [3.05, 3.63) is 72.4 Å². The van der Waals surface area contributed by atoms with Crippen LogP contribution in [0.3, 0.4) is 0 Å². The van der Waals surface area contributed by atoms with E-state index in [-0.39, 0.29) is 10.6 Å². The number of benzene rings is 2. The van der Waals surface area contributed by atoms with Crippen molar-refractivity contribution >= 4 is 26.8 Å². The molecule has 1 aliphatic rings. The van der Waals surface area contributed by atoms with Gasteiger partial charge in [-0.3, -0.25) is 0 Å². The molecule has 210 valence electrons. The van der Waals surface area contributed by atoms with Crippen molar-refractivity contribution in [3.8, 4) is 22.8 Å². The van der Waals surface area contributed by atoms with Crippen LogP contribution in [-0.2, 0) is 19.0 Å². The zero-order valence-electron chi connectivity index (χ0n) is 22.8. The van der Waals surface area contributed by atoms with Crippen molar-refractivity contribution < 1.29 is 26.8 Å². The average Bonchev–Trinajstić information content (AvgIpc) is 2.97. The summed E-state index contributed by atoms with van der Waals surface area (Å²) >= 11 is 0. The Labute approximate surface area is 234 Å². The molecule has 9 nitrogen and oxygen atoms in total. The number of nitrogens with one attached hydrogen (secondary N) is 1. The number of ether oxygens (including phenoxy) is 3. The van der Waals surface area contributed by atoms with E-state index in [2.05, 4.69) is 10.3 Å². The van der Waals surface area contributed by atoms with Crippen LogP contribution in [0.1, 0.15) is 38.2 Å². The molecule has 10 heteroatoms. The van der Waals surface area contributed by atoms with E-state index in [0.29, 0.717) is 25.2 Å². The summed E-state index contributed by atoms with van der Waals surface area (Å²) in [6, 6.07) is 18.0. The summed E-state index contributed by atoms with van der Waals surface area (Å²) < 4.78 is 49.8. The highest BCUT2D eigenvalue weighted by atomic mass is 32.2. The molecule has 2 atom stereocenters. The smallest absolute Gasteiger partial charge is 0.303 e. The largest absolute Gasteiger partial charge is 0.464 e. The predicted octanol–water partition coefficient (Wildman–Crippen LogP) is 6.07. The van der Waals surface area contributed by atoms with E-state index in [1.807, 2.05) is 50.4 Å². The van der Waals surface area contributed by atoms with Gasteiger partial charge >= 0.3 is 10.1 Å². The van der Waals surface area contributed by atoms with E-state index in [9.17, 15) is 8.42 Å². The molecule has 0 bridgehead atoms. The van der Waals surface area contributed by atoms with Gasteiger partial charge in [0.25, 0.3) is 0 Å². The summed E-state index contributed by atoms with van der Waals surface area (Å²) in [5.74, 6) is 1.47. The number of hydrogen-bond acceptors (Lipinski definition) is 9. The summed E-state index contributed by atoms with van der Waals surface area (Å²) in [6.07, 6.45) is 3.18. The minimum atomic E-state index is -4.20. The molecule has 40 heavy (non-hydrogen) atoms. The lowest BCUT2D eigenvalue weighted by Gasteiger charge is -2.25. The highest BCUT2D eigenvalue weighted by molar-refractivity contribution is 7.86. The van der Waals surface area contributed by atoms with Gasteiger partial charge in [0.05, 0.1) is 17.8 Å². The first-order valence-corrected chi connectivity index (χ1v) is 14.8. The van der Waals surface area contributed by atoms with Crippen LogP contribution >= 0.6 is 0 Å². The molecule has 5 rings (SSSR count). The molecule has 2 unspecified atom stereocenters. The molecule has 1 aliphatic heterocycles. The quantitative estimate of drug-likeness (QED) is 0.182. The molecule has 2 aromatic carbocycles. The third-order valence-electron chi connectivity index (χ3n) is 6.58. The molecule has 0 radical (unpaired) electrons. The van der Waals surface area contributed by atoms with Crippen LogP contribution in [0.5, 0.6) is 11.5 Å². The number of aromatic nitrogens is 2. The van der Waals surface area contributed by atoms with Crippen LogP contribution in [0.15, 0.2) is 71.8 Å². The van der Waals surface area contributed by atoms with Crippen LogP contribution in [-0.4, -0.2) is 44.6 Å². The molecular weight excluding hydrogens is 530 g/mol. The average molecular weight is 564 g/mol. The fourth-order valence-electron chi connectivity index (χ4n) is 4.41. The lowest BCUT2D eigenvalue weighted by atomic mass is 10.1. The van der Waals surface area contributed by atoms with Gasteiger partial charge in [-0.25, -0.2) is 14.2 Å². The zero-order valence-corrected chi connectivity index (χ0v) is 23.6. The first kappa shape index (κ1) is 27.8. The Kier molecular flexibility index (Phi) is 8.49. The number of hydrogen-bond donors (Lipinski definition) is 1. The third-order valence-corrected chi connectivity index (χ3v) is 7.92. The van der Waals surface area contributed by atoms with E-state index in [1.54, 1.807) is 31.3 Å². The van der Waals surface area contributed by atoms with Gasteiger partial charge in [-0.2, -0.15) is 8.42 Å². The SMILES string of the molecule is CCC(Oc1ccc2nc(-c3ccc(NC)nc3)ccc2c1)OS(=O)(=O)c1ccc(C)cc1OC1CCCCO1. The molecule has 2 aromatic heterocycles. The van der Waals surface area contributed by atoms with Crippen LogP contribution in [0, 0.1) is 6.92 Å². The van der Waals surface area contributed by atoms with Crippen molar-refractivity contribution in [2.24, 2.45) is 0 Å². The summed E-state index contributed by atoms with van der Waals surface area (Å²) in [5, 5.41) is 3.85. The number of fused-ring (bicyclic) bond motifs is 1. The van der Waals surface area contributed by atoms with Gasteiger partial charge in [0.1, 0.15) is 22.2 Å². The molecule has 3 heterocycles. The lowest BCUT2D eigenvalue weighted by Crippen LogP contribution is -2.27. The van der Waals surface area contributed by atoms with E-state index < -0.39 is 22.7 Å². The number of aryl methyl sites for hydroxylation is 1. The van der Waals surface area contributed by atoms with E-state index >= 15 is 0 Å². The maximum absolute atomic E-state index is 13.3. The minimum Gasteiger partial charge on any atom is -0.464 e. The summed E-state index contributed by atoms with van der Waals surface area (Å²) in [6.45, 7) is 4.26. The Bertz CT molecular complexity index is 1570. The van der Waals surface area contributed by atoms with Crippen LogP contribution in [0.4, 0.5) is 5.82 Å². The Morgan fingerprint density at radius 1 is 1.07 bits per heavy atom. The van der Waals surface area contributed by atoms with Gasteiger partial charge in [0.15, 0.2) is 6.29 Å². The normalized spacial score (nSPS) is 16.4.